The SMILES string of the molecule is CCNC(=NCCc1cc(F)ccc1F)NC1CCc2nc(COC)nn2C1.I. The Kier molecular flexibility index (Phi) is 9.21. The zero-order chi connectivity index (χ0) is 19.9. The predicted molar refractivity (Wildman–Crippen MR) is 117 cm³/mol. The Hall–Kier alpha value is -1.82. The van der Waals surface area contributed by atoms with Gasteiger partial charge in [0.1, 0.15) is 24.1 Å². The summed E-state index contributed by atoms with van der Waals surface area (Å²) in [6.07, 6.45) is 2.06. The second kappa shape index (κ2) is 11.4. The molecule has 0 radical (unpaired) electrons. The molecule has 160 valence electrons. The van der Waals surface area contributed by atoms with E-state index in [9.17, 15) is 8.78 Å². The van der Waals surface area contributed by atoms with Crippen molar-refractivity contribution in [2.45, 2.75) is 45.4 Å². The summed E-state index contributed by atoms with van der Waals surface area (Å²) in [5.41, 5.74) is 0.329. The van der Waals surface area contributed by atoms with Crippen LogP contribution in [0, 0.1) is 11.6 Å². The highest BCUT2D eigenvalue weighted by molar-refractivity contribution is 14.0. The van der Waals surface area contributed by atoms with Gasteiger partial charge in [-0.3, -0.25) is 4.99 Å². The summed E-state index contributed by atoms with van der Waals surface area (Å²) in [7, 11) is 1.62. The number of aryl methyl sites for hydroxylation is 1. The molecule has 1 unspecified atom stereocenters. The second-order valence-electron chi connectivity index (χ2n) is 6.69. The maximum atomic E-state index is 13.7. The van der Waals surface area contributed by atoms with Crippen molar-refractivity contribution in [3.8, 4) is 0 Å². The molecule has 0 aliphatic carbocycles. The lowest BCUT2D eigenvalue weighted by atomic mass is 10.1. The summed E-state index contributed by atoms with van der Waals surface area (Å²) in [5.74, 6) is 1.46. The van der Waals surface area contributed by atoms with Crippen LogP contribution in [0.1, 0.15) is 30.6 Å². The summed E-state index contributed by atoms with van der Waals surface area (Å²) < 4.78 is 34.0. The lowest BCUT2D eigenvalue weighted by Crippen LogP contribution is -2.47. The van der Waals surface area contributed by atoms with Gasteiger partial charge < -0.3 is 15.4 Å². The molecule has 0 amide bonds. The monoisotopic (exact) mass is 520 g/mol. The number of hydrogen-bond acceptors (Lipinski definition) is 4. The number of rotatable bonds is 7. The average Bonchev–Trinajstić information content (AvgIpc) is 3.06. The quantitative estimate of drug-likeness (QED) is 0.334. The van der Waals surface area contributed by atoms with E-state index in [1.807, 2.05) is 11.6 Å². The molecule has 1 aromatic heterocycles. The minimum absolute atomic E-state index is 0. The number of hydrogen-bond donors (Lipinski definition) is 2. The number of nitrogens with zero attached hydrogens (tertiary/aromatic N) is 4. The van der Waals surface area contributed by atoms with E-state index in [1.54, 1.807) is 7.11 Å². The van der Waals surface area contributed by atoms with Crippen molar-refractivity contribution >= 4 is 29.9 Å². The van der Waals surface area contributed by atoms with Gasteiger partial charge in [0, 0.05) is 32.7 Å². The third-order valence-electron chi connectivity index (χ3n) is 4.52. The Labute approximate surface area is 186 Å². The van der Waals surface area contributed by atoms with Crippen LogP contribution < -0.4 is 10.6 Å². The van der Waals surface area contributed by atoms with E-state index < -0.39 is 11.6 Å². The third-order valence-corrected chi connectivity index (χ3v) is 4.52. The molecule has 0 spiro atoms. The van der Waals surface area contributed by atoms with E-state index in [2.05, 4.69) is 25.7 Å². The van der Waals surface area contributed by atoms with Gasteiger partial charge in [-0.1, -0.05) is 0 Å². The number of ether oxygens (including phenoxy) is 1. The molecule has 1 aromatic carbocycles. The fraction of sp³-hybridized carbons (Fsp3) is 0.526. The third kappa shape index (κ3) is 6.59. The summed E-state index contributed by atoms with van der Waals surface area (Å²) in [6.45, 7) is 4.14. The number of methoxy groups -OCH3 is 1. The molecule has 0 saturated heterocycles. The molecular formula is C19H27F2IN6O. The molecule has 3 rings (SSSR count). The van der Waals surface area contributed by atoms with Crippen LogP contribution in [0.15, 0.2) is 23.2 Å². The largest absolute Gasteiger partial charge is 0.377 e. The first-order valence-corrected chi connectivity index (χ1v) is 9.49. The van der Waals surface area contributed by atoms with E-state index in [1.165, 1.54) is 6.07 Å². The van der Waals surface area contributed by atoms with Crippen LogP contribution in [0.2, 0.25) is 0 Å². The van der Waals surface area contributed by atoms with Gasteiger partial charge in [-0.25, -0.2) is 18.4 Å². The molecular weight excluding hydrogens is 493 g/mol. The molecule has 0 bridgehead atoms. The van der Waals surface area contributed by atoms with E-state index in [0.29, 0.717) is 50.0 Å². The second-order valence-corrected chi connectivity index (χ2v) is 6.69. The van der Waals surface area contributed by atoms with Crippen molar-refractivity contribution in [1.82, 2.24) is 25.4 Å². The Bertz CT molecular complexity index is 829. The first-order chi connectivity index (χ1) is 13.6. The minimum Gasteiger partial charge on any atom is -0.377 e. The molecule has 0 fully saturated rings. The average molecular weight is 520 g/mol. The highest BCUT2D eigenvalue weighted by Gasteiger charge is 2.22. The summed E-state index contributed by atoms with van der Waals surface area (Å²) in [5, 5.41) is 11.1. The number of aliphatic imine (C=N–C) groups is 1. The Morgan fingerprint density at radius 2 is 2.21 bits per heavy atom. The normalized spacial score (nSPS) is 16.1. The van der Waals surface area contributed by atoms with E-state index in [-0.39, 0.29) is 30.0 Å². The zero-order valence-corrected chi connectivity index (χ0v) is 19.0. The van der Waals surface area contributed by atoms with Crippen LogP contribution in [-0.4, -0.2) is 47.0 Å². The molecule has 10 heteroatoms. The number of halogens is 3. The van der Waals surface area contributed by atoms with Gasteiger partial charge in [-0.15, -0.1) is 24.0 Å². The van der Waals surface area contributed by atoms with Crippen LogP contribution in [0.3, 0.4) is 0 Å². The topological polar surface area (TPSA) is 76.4 Å². The minimum atomic E-state index is -0.441. The maximum absolute atomic E-state index is 13.7. The van der Waals surface area contributed by atoms with Gasteiger partial charge in [0.2, 0.25) is 0 Å². The Balaban J connectivity index is 0.00000300. The number of fused-ring (bicyclic) bond motifs is 1. The van der Waals surface area contributed by atoms with Gasteiger partial charge in [-0.2, -0.15) is 5.10 Å². The van der Waals surface area contributed by atoms with Crippen LogP contribution in [-0.2, 0) is 30.7 Å². The molecule has 0 saturated carbocycles. The lowest BCUT2D eigenvalue weighted by Gasteiger charge is -2.25. The fourth-order valence-corrected chi connectivity index (χ4v) is 3.21. The fourth-order valence-electron chi connectivity index (χ4n) is 3.21. The molecule has 1 atom stereocenters. The molecule has 1 aliphatic heterocycles. The van der Waals surface area contributed by atoms with E-state index in [0.717, 1.165) is 30.8 Å². The van der Waals surface area contributed by atoms with Gasteiger partial charge in [0.15, 0.2) is 11.8 Å². The highest BCUT2D eigenvalue weighted by Crippen LogP contribution is 2.14. The van der Waals surface area contributed by atoms with Crippen molar-refractivity contribution in [2.24, 2.45) is 4.99 Å². The smallest absolute Gasteiger partial charge is 0.191 e. The van der Waals surface area contributed by atoms with Gasteiger partial charge in [0.25, 0.3) is 0 Å². The first kappa shape index (κ1) is 23.5. The Morgan fingerprint density at radius 1 is 1.38 bits per heavy atom. The predicted octanol–water partition coefficient (Wildman–Crippen LogP) is 2.43. The number of guanidine groups is 1. The van der Waals surface area contributed by atoms with Gasteiger partial charge in [-0.05, 0) is 43.5 Å². The van der Waals surface area contributed by atoms with Crippen molar-refractivity contribution in [3.63, 3.8) is 0 Å². The van der Waals surface area contributed by atoms with Crippen LogP contribution in [0.25, 0.3) is 0 Å². The molecule has 29 heavy (non-hydrogen) atoms. The van der Waals surface area contributed by atoms with Crippen molar-refractivity contribution < 1.29 is 13.5 Å². The van der Waals surface area contributed by atoms with Gasteiger partial charge in [0.05, 0.1) is 6.54 Å². The van der Waals surface area contributed by atoms with E-state index >= 15 is 0 Å². The Morgan fingerprint density at radius 3 is 2.97 bits per heavy atom. The van der Waals surface area contributed by atoms with Crippen LogP contribution in [0.4, 0.5) is 8.78 Å². The lowest BCUT2D eigenvalue weighted by molar-refractivity contribution is 0.177. The van der Waals surface area contributed by atoms with Crippen LogP contribution in [0.5, 0.6) is 0 Å². The number of benzene rings is 1. The summed E-state index contributed by atoms with van der Waals surface area (Å²) >= 11 is 0. The zero-order valence-electron chi connectivity index (χ0n) is 16.6. The molecule has 7 nitrogen and oxygen atoms in total. The van der Waals surface area contributed by atoms with E-state index in [4.69, 9.17) is 4.74 Å². The van der Waals surface area contributed by atoms with Crippen molar-refractivity contribution in [2.75, 3.05) is 20.2 Å². The summed E-state index contributed by atoms with van der Waals surface area (Å²) in [4.78, 5) is 8.98. The number of aromatic nitrogens is 3. The van der Waals surface area contributed by atoms with Crippen molar-refractivity contribution in [3.05, 3.63) is 47.0 Å². The van der Waals surface area contributed by atoms with Crippen LogP contribution >= 0.6 is 24.0 Å². The maximum Gasteiger partial charge on any atom is 0.191 e. The molecule has 2 aromatic rings. The standard InChI is InChI=1S/C19H26F2N6O.HI/c1-3-22-19(23-9-8-13-10-14(20)4-6-16(13)21)24-15-5-7-18-25-17(12-28-2)26-27(18)11-15;/h4,6,10,15H,3,5,7-9,11-12H2,1-2H3,(H2,22,23,24);1H. The van der Waals surface area contributed by atoms with Crippen molar-refractivity contribution in [1.29, 1.82) is 0 Å². The highest BCUT2D eigenvalue weighted by atomic mass is 127. The summed E-state index contributed by atoms with van der Waals surface area (Å²) in [6, 6.07) is 3.64. The number of nitrogens with one attached hydrogen (secondary N) is 2. The molecule has 2 N–H and O–H groups in total. The first-order valence-electron chi connectivity index (χ1n) is 9.49. The molecule has 1 aliphatic rings. The van der Waals surface area contributed by atoms with Gasteiger partial charge >= 0.3 is 0 Å². The molecule has 2 heterocycles.